The zero-order valence-corrected chi connectivity index (χ0v) is 14.2. The second-order valence-electron chi connectivity index (χ2n) is 7.13. The van der Waals surface area contributed by atoms with Crippen LogP contribution in [0.15, 0.2) is 24.3 Å². The van der Waals surface area contributed by atoms with Crippen molar-refractivity contribution in [3.05, 3.63) is 35.6 Å². The number of carbonyl (C=O) groups is 2. The zero-order chi connectivity index (χ0) is 17.1. The number of hydrogen-bond donors (Lipinski definition) is 0. The number of likely N-dealkylation sites (tertiary alicyclic amines) is 2. The van der Waals surface area contributed by atoms with Crippen LogP contribution >= 0.6 is 0 Å². The van der Waals surface area contributed by atoms with Crippen molar-refractivity contribution in [3.8, 4) is 0 Å². The molecule has 0 N–H and O–H groups in total. The van der Waals surface area contributed by atoms with Crippen molar-refractivity contribution in [2.24, 2.45) is 11.8 Å². The molecule has 5 heteroatoms. The van der Waals surface area contributed by atoms with Gasteiger partial charge in [-0.3, -0.25) is 9.59 Å². The van der Waals surface area contributed by atoms with Gasteiger partial charge in [-0.15, -0.1) is 0 Å². The maximum Gasteiger partial charge on any atom is 0.227 e. The van der Waals surface area contributed by atoms with Crippen LogP contribution in [0.2, 0.25) is 0 Å². The molecule has 2 aliphatic rings. The molecule has 2 amide bonds. The molecule has 24 heavy (non-hydrogen) atoms. The molecule has 2 heterocycles. The van der Waals surface area contributed by atoms with E-state index in [0.29, 0.717) is 31.8 Å². The third-order valence-electron chi connectivity index (χ3n) is 5.24. The summed E-state index contributed by atoms with van der Waals surface area (Å²) in [6, 6.07) is 6.36. The molecule has 0 bridgehead atoms. The minimum atomic E-state index is -0.252. The Bertz CT molecular complexity index is 594. The number of benzene rings is 1. The average molecular weight is 332 g/mol. The number of rotatable bonds is 4. The molecular weight excluding hydrogens is 307 g/mol. The summed E-state index contributed by atoms with van der Waals surface area (Å²) in [7, 11) is 0. The summed E-state index contributed by atoms with van der Waals surface area (Å²) in [6.07, 6.45) is 3.13. The van der Waals surface area contributed by atoms with E-state index in [1.807, 2.05) is 4.90 Å². The van der Waals surface area contributed by atoms with Gasteiger partial charge >= 0.3 is 0 Å². The average Bonchev–Trinajstić information content (AvgIpc) is 2.95. The van der Waals surface area contributed by atoms with Crippen LogP contribution in [-0.2, 0) is 16.0 Å². The summed E-state index contributed by atoms with van der Waals surface area (Å²) in [6.45, 7) is 4.97. The Morgan fingerprint density at radius 1 is 1.21 bits per heavy atom. The maximum absolute atomic E-state index is 12.9. The van der Waals surface area contributed by atoms with Crippen molar-refractivity contribution < 1.29 is 14.0 Å². The van der Waals surface area contributed by atoms with Gasteiger partial charge in [0.15, 0.2) is 0 Å². The van der Waals surface area contributed by atoms with Crippen LogP contribution in [0.5, 0.6) is 0 Å². The van der Waals surface area contributed by atoms with E-state index in [1.54, 1.807) is 17.0 Å². The van der Waals surface area contributed by atoms with E-state index < -0.39 is 0 Å². The van der Waals surface area contributed by atoms with E-state index in [9.17, 15) is 14.0 Å². The lowest BCUT2D eigenvalue weighted by Crippen LogP contribution is -2.42. The minimum absolute atomic E-state index is 0.0563. The van der Waals surface area contributed by atoms with Crippen LogP contribution in [0.3, 0.4) is 0 Å². The fraction of sp³-hybridized carbons (Fsp3) is 0.579. The standard InChI is InChI=1S/C19H25FN2O2/c1-14-6-9-21(10-7-14)19(24)16-12-18(23)22(13-16)11-8-15-2-4-17(20)5-3-15/h2-5,14,16H,6-13H2,1H3. The Morgan fingerprint density at radius 3 is 2.54 bits per heavy atom. The van der Waals surface area contributed by atoms with Gasteiger partial charge in [-0.05, 0) is 42.9 Å². The normalized spacial score (nSPS) is 22.2. The van der Waals surface area contributed by atoms with Gasteiger partial charge in [-0.1, -0.05) is 19.1 Å². The third-order valence-corrected chi connectivity index (χ3v) is 5.24. The fourth-order valence-corrected chi connectivity index (χ4v) is 3.56. The molecule has 2 aliphatic heterocycles. The monoisotopic (exact) mass is 332 g/mol. The molecule has 4 nitrogen and oxygen atoms in total. The summed E-state index contributed by atoms with van der Waals surface area (Å²) in [5.74, 6) is 0.434. The summed E-state index contributed by atoms with van der Waals surface area (Å²) >= 11 is 0. The molecule has 1 aromatic rings. The molecule has 0 aliphatic carbocycles. The van der Waals surface area contributed by atoms with E-state index >= 15 is 0 Å². The molecule has 1 atom stereocenters. The molecule has 0 spiro atoms. The van der Waals surface area contributed by atoms with Gasteiger partial charge < -0.3 is 9.80 Å². The molecule has 0 saturated carbocycles. The van der Waals surface area contributed by atoms with Crippen LogP contribution in [0.1, 0.15) is 31.7 Å². The van der Waals surface area contributed by atoms with E-state index in [1.165, 1.54) is 12.1 Å². The molecule has 130 valence electrons. The molecule has 1 aromatic carbocycles. The maximum atomic E-state index is 12.9. The second kappa shape index (κ2) is 7.32. The predicted molar refractivity (Wildman–Crippen MR) is 89.8 cm³/mol. The van der Waals surface area contributed by atoms with Crippen molar-refractivity contribution in [2.75, 3.05) is 26.2 Å². The number of piperidine rings is 1. The van der Waals surface area contributed by atoms with Crippen LogP contribution in [0.25, 0.3) is 0 Å². The van der Waals surface area contributed by atoms with Gasteiger partial charge in [0.05, 0.1) is 5.92 Å². The first-order valence-corrected chi connectivity index (χ1v) is 8.84. The molecule has 0 aromatic heterocycles. The summed E-state index contributed by atoms with van der Waals surface area (Å²) in [4.78, 5) is 28.5. The smallest absolute Gasteiger partial charge is 0.227 e. The Kier molecular flexibility index (Phi) is 5.17. The molecule has 2 saturated heterocycles. The van der Waals surface area contributed by atoms with Crippen molar-refractivity contribution in [1.82, 2.24) is 9.80 Å². The first-order valence-electron chi connectivity index (χ1n) is 8.84. The second-order valence-corrected chi connectivity index (χ2v) is 7.13. The summed E-state index contributed by atoms with van der Waals surface area (Å²) in [5, 5.41) is 0. The first-order chi connectivity index (χ1) is 11.5. The van der Waals surface area contributed by atoms with Gasteiger partial charge in [-0.25, -0.2) is 4.39 Å². The first kappa shape index (κ1) is 16.9. The van der Waals surface area contributed by atoms with Crippen molar-refractivity contribution in [1.29, 1.82) is 0 Å². The number of carbonyl (C=O) groups excluding carboxylic acids is 2. The number of halogens is 1. The lowest BCUT2D eigenvalue weighted by Gasteiger charge is -2.32. The molecule has 0 radical (unpaired) electrons. The topological polar surface area (TPSA) is 40.6 Å². The van der Waals surface area contributed by atoms with Crippen LogP contribution in [-0.4, -0.2) is 47.8 Å². The lowest BCUT2D eigenvalue weighted by atomic mass is 9.97. The van der Waals surface area contributed by atoms with Crippen molar-refractivity contribution in [3.63, 3.8) is 0 Å². The Morgan fingerprint density at radius 2 is 1.88 bits per heavy atom. The fourth-order valence-electron chi connectivity index (χ4n) is 3.56. The van der Waals surface area contributed by atoms with E-state index in [0.717, 1.165) is 31.5 Å². The molecule has 1 unspecified atom stereocenters. The highest BCUT2D eigenvalue weighted by Crippen LogP contribution is 2.24. The minimum Gasteiger partial charge on any atom is -0.342 e. The van der Waals surface area contributed by atoms with Gasteiger partial charge in [0.25, 0.3) is 0 Å². The zero-order valence-electron chi connectivity index (χ0n) is 14.2. The summed E-state index contributed by atoms with van der Waals surface area (Å²) in [5.41, 5.74) is 1.00. The Labute approximate surface area is 142 Å². The highest BCUT2D eigenvalue weighted by atomic mass is 19.1. The number of nitrogens with zero attached hydrogens (tertiary/aromatic N) is 2. The largest absolute Gasteiger partial charge is 0.342 e. The lowest BCUT2D eigenvalue weighted by molar-refractivity contribution is -0.137. The van der Waals surface area contributed by atoms with Crippen LogP contribution in [0.4, 0.5) is 4.39 Å². The Hall–Kier alpha value is -1.91. The molecular formula is C19H25FN2O2. The van der Waals surface area contributed by atoms with Crippen molar-refractivity contribution in [2.45, 2.75) is 32.6 Å². The number of amides is 2. The molecule has 3 rings (SSSR count). The quantitative estimate of drug-likeness (QED) is 0.850. The van der Waals surface area contributed by atoms with E-state index in [4.69, 9.17) is 0 Å². The van der Waals surface area contributed by atoms with Gasteiger partial charge in [0, 0.05) is 32.6 Å². The van der Waals surface area contributed by atoms with Gasteiger partial charge in [0.1, 0.15) is 5.82 Å². The van der Waals surface area contributed by atoms with E-state index in [-0.39, 0.29) is 23.5 Å². The van der Waals surface area contributed by atoms with Gasteiger partial charge in [-0.2, -0.15) is 0 Å². The summed E-state index contributed by atoms with van der Waals surface area (Å²) < 4.78 is 12.9. The highest BCUT2D eigenvalue weighted by molar-refractivity contribution is 5.89. The Balaban J connectivity index is 1.51. The third kappa shape index (κ3) is 3.94. The van der Waals surface area contributed by atoms with Crippen LogP contribution in [0, 0.1) is 17.7 Å². The number of hydrogen-bond acceptors (Lipinski definition) is 2. The predicted octanol–water partition coefficient (Wildman–Crippen LogP) is 2.48. The van der Waals surface area contributed by atoms with Crippen LogP contribution < -0.4 is 0 Å². The van der Waals surface area contributed by atoms with Gasteiger partial charge in [0.2, 0.25) is 11.8 Å². The van der Waals surface area contributed by atoms with Crippen molar-refractivity contribution >= 4 is 11.8 Å². The molecule has 2 fully saturated rings. The van der Waals surface area contributed by atoms with E-state index in [2.05, 4.69) is 6.92 Å². The SMILES string of the molecule is CC1CCN(C(=O)C2CC(=O)N(CCc3ccc(F)cc3)C2)CC1. The highest BCUT2D eigenvalue weighted by Gasteiger charge is 2.36.